The number of fused-ring (bicyclic) bond motifs is 1. The minimum Gasteiger partial charge on any atom is -0.356 e. The predicted molar refractivity (Wildman–Crippen MR) is 115 cm³/mol. The maximum absolute atomic E-state index is 12.6. The number of guanidine groups is 1. The fourth-order valence-electron chi connectivity index (χ4n) is 2.64. The van der Waals surface area contributed by atoms with Gasteiger partial charge in [0.15, 0.2) is 5.96 Å². The van der Waals surface area contributed by atoms with Gasteiger partial charge in [0.1, 0.15) is 5.82 Å². The molecule has 0 atom stereocenters. The molecule has 0 fully saturated rings. The quantitative estimate of drug-likeness (QED) is 0.279. The fraction of sp³-hybridized carbons (Fsp3) is 0.263. The van der Waals surface area contributed by atoms with Gasteiger partial charge in [-0.1, -0.05) is 24.3 Å². The summed E-state index contributed by atoms with van der Waals surface area (Å²) in [5, 5.41) is 6.25. The second-order valence-electron chi connectivity index (χ2n) is 6.00. The summed E-state index contributed by atoms with van der Waals surface area (Å²) >= 11 is 0. The number of H-pyrrole nitrogens is 1. The van der Waals surface area contributed by atoms with Crippen molar-refractivity contribution in [3.63, 3.8) is 0 Å². The molecule has 3 N–H and O–H groups in total. The molecule has 5 nitrogen and oxygen atoms in total. The molecule has 2 aromatic carbocycles. The molecule has 28 heavy (non-hydrogen) atoms. The van der Waals surface area contributed by atoms with Crippen molar-refractivity contribution in [2.45, 2.75) is 19.1 Å². The lowest BCUT2D eigenvalue weighted by Gasteiger charge is -2.12. The highest BCUT2D eigenvalue weighted by Crippen LogP contribution is 2.29. The van der Waals surface area contributed by atoms with Crippen LogP contribution in [0.2, 0.25) is 0 Å². The highest BCUT2D eigenvalue weighted by Gasteiger charge is 2.29. The van der Waals surface area contributed by atoms with Gasteiger partial charge >= 0.3 is 6.18 Å². The van der Waals surface area contributed by atoms with Gasteiger partial charge in [0.05, 0.1) is 16.6 Å². The van der Waals surface area contributed by atoms with Crippen molar-refractivity contribution < 1.29 is 13.2 Å². The Labute approximate surface area is 177 Å². The van der Waals surface area contributed by atoms with E-state index in [0.717, 1.165) is 34.6 Å². The molecule has 1 heterocycles. The molecule has 0 radical (unpaired) electrons. The molecule has 0 unspecified atom stereocenters. The largest absolute Gasteiger partial charge is 0.416 e. The van der Waals surface area contributed by atoms with Gasteiger partial charge in [0.2, 0.25) is 0 Å². The lowest BCUT2D eigenvalue weighted by atomic mass is 10.1. The number of imidazole rings is 1. The van der Waals surface area contributed by atoms with Crippen molar-refractivity contribution >= 4 is 41.0 Å². The van der Waals surface area contributed by atoms with E-state index in [2.05, 4.69) is 25.6 Å². The van der Waals surface area contributed by atoms with Gasteiger partial charge in [0.25, 0.3) is 0 Å². The Morgan fingerprint density at radius 1 is 1.07 bits per heavy atom. The smallest absolute Gasteiger partial charge is 0.356 e. The topological polar surface area (TPSA) is 65.1 Å². The molecule has 3 rings (SSSR count). The summed E-state index contributed by atoms with van der Waals surface area (Å²) in [4.78, 5) is 11.9. The number of nitrogens with one attached hydrogen (secondary N) is 3. The standard InChI is InChI=1S/C19H20F3N5.HI/c1-23-18(25-12-13-6-8-14(9-7-13)19(20,21)22)24-11-10-17-26-15-4-2-3-5-16(15)27-17;/h2-9H,10-12H2,1H3,(H,26,27)(H2,23,24,25);1H. The van der Waals surface area contributed by atoms with Crippen molar-refractivity contribution in [1.29, 1.82) is 0 Å². The average molecular weight is 503 g/mol. The van der Waals surface area contributed by atoms with Crippen LogP contribution < -0.4 is 10.6 Å². The van der Waals surface area contributed by atoms with E-state index in [1.807, 2.05) is 24.3 Å². The SMILES string of the molecule is CN=C(NCCc1nc2ccccc2[nH]1)NCc1ccc(C(F)(F)F)cc1.I. The van der Waals surface area contributed by atoms with Crippen molar-refractivity contribution in [1.82, 2.24) is 20.6 Å². The summed E-state index contributed by atoms with van der Waals surface area (Å²) in [5.41, 5.74) is 2.01. The van der Waals surface area contributed by atoms with Gasteiger partial charge in [-0.3, -0.25) is 4.99 Å². The van der Waals surface area contributed by atoms with Crippen molar-refractivity contribution in [2.24, 2.45) is 4.99 Å². The highest BCUT2D eigenvalue weighted by molar-refractivity contribution is 14.0. The summed E-state index contributed by atoms with van der Waals surface area (Å²) in [7, 11) is 1.64. The summed E-state index contributed by atoms with van der Waals surface area (Å²) < 4.78 is 37.7. The summed E-state index contributed by atoms with van der Waals surface area (Å²) in [6.07, 6.45) is -3.63. The van der Waals surface area contributed by atoms with Crippen LogP contribution in [0.25, 0.3) is 11.0 Å². The van der Waals surface area contributed by atoms with E-state index in [-0.39, 0.29) is 24.0 Å². The van der Waals surface area contributed by atoms with Crippen LogP contribution in [-0.4, -0.2) is 29.5 Å². The first-order chi connectivity index (χ1) is 13.0. The number of nitrogens with zero attached hydrogens (tertiary/aromatic N) is 2. The van der Waals surface area contributed by atoms with Gasteiger partial charge in [0, 0.05) is 26.6 Å². The molecule has 0 spiro atoms. The maximum Gasteiger partial charge on any atom is 0.416 e. The molecule has 3 aromatic rings. The number of para-hydroxylation sites is 2. The molecule has 0 bridgehead atoms. The lowest BCUT2D eigenvalue weighted by molar-refractivity contribution is -0.137. The van der Waals surface area contributed by atoms with Crippen LogP contribution in [-0.2, 0) is 19.1 Å². The first-order valence-corrected chi connectivity index (χ1v) is 8.50. The Hall–Kier alpha value is -2.30. The molecule has 0 aliphatic carbocycles. The number of aromatic nitrogens is 2. The summed E-state index contributed by atoms with van der Waals surface area (Å²) in [6.45, 7) is 0.995. The van der Waals surface area contributed by atoms with Crippen LogP contribution in [0.1, 0.15) is 17.0 Å². The van der Waals surface area contributed by atoms with Gasteiger partial charge in [-0.2, -0.15) is 13.2 Å². The second kappa shape index (κ2) is 9.76. The number of benzene rings is 2. The number of rotatable bonds is 5. The minimum atomic E-state index is -4.32. The van der Waals surface area contributed by atoms with Crippen molar-refractivity contribution in [3.05, 3.63) is 65.5 Å². The Morgan fingerprint density at radius 3 is 2.43 bits per heavy atom. The number of aromatic amines is 1. The average Bonchev–Trinajstić information content (AvgIpc) is 3.07. The number of halogens is 4. The Bertz CT molecular complexity index is 886. The van der Waals surface area contributed by atoms with E-state index in [1.54, 1.807) is 7.05 Å². The van der Waals surface area contributed by atoms with E-state index in [9.17, 15) is 13.2 Å². The summed E-state index contributed by atoms with van der Waals surface area (Å²) in [6, 6.07) is 12.9. The predicted octanol–water partition coefficient (Wildman–Crippen LogP) is 4.11. The van der Waals surface area contributed by atoms with Crippen LogP contribution in [0.15, 0.2) is 53.5 Å². The first kappa shape index (κ1) is 22.0. The molecule has 0 amide bonds. The monoisotopic (exact) mass is 503 g/mol. The lowest BCUT2D eigenvalue weighted by Crippen LogP contribution is -2.37. The second-order valence-corrected chi connectivity index (χ2v) is 6.00. The molecular weight excluding hydrogens is 482 g/mol. The number of hydrogen-bond donors (Lipinski definition) is 3. The molecule has 0 saturated carbocycles. The van der Waals surface area contributed by atoms with Crippen molar-refractivity contribution in [2.75, 3.05) is 13.6 Å². The Morgan fingerprint density at radius 2 is 1.79 bits per heavy atom. The third-order valence-electron chi connectivity index (χ3n) is 4.06. The van der Waals surface area contributed by atoms with E-state index in [0.29, 0.717) is 25.5 Å². The highest BCUT2D eigenvalue weighted by atomic mass is 127. The zero-order valence-corrected chi connectivity index (χ0v) is 17.5. The van der Waals surface area contributed by atoms with Crippen LogP contribution in [0.4, 0.5) is 13.2 Å². The zero-order chi connectivity index (χ0) is 19.3. The van der Waals surface area contributed by atoms with Crippen LogP contribution >= 0.6 is 24.0 Å². The Balaban J connectivity index is 0.00000280. The van der Waals surface area contributed by atoms with Gasteiger partial charge in [-0.05, 0) is 29.8 Å². The van der Waals surface area contributed by atoms with Crippen LogP contribution in [0.5, 0.6) is 0 Å². The normalized spacial score (nSPS) is 11.9. The van der Waals surface area contributed by atoms with E-state index in [1.165, 1.54) is 12.1 Å². The third-order valence-corrected chi connectivity index (χ3v) is 4.06. The van der Waals surface area contributed by atoms with E-state index < -0.39 is 11.7 Å². The fourth-order valence-corrected chi connectivity index (χ4v) is 2.64. The number of alkyl halides is 3. The molecule has 0 aliphatic rings. The zero-order valence-electron chi connectivity index (χ0n) is 15.2. The molecule has 0 aliphatic heterocycles. The Kier molecular flexibility index (Phi) is 7.67. The minimum absolute atomic E-state index is 0. The molecule has 9 heteroatoms. The third kappa shape index (κ3) is 5.85. The molecule has 1 aromatic heterocycles. The van der Waals surface area contributed by atoms with E-state index in [4.69, 9.17) is 0 Å². The van der Waals surface area contributed by atoms with Crippen LogP contribution in [0.3, 0.4) is 0 Å². The maximum atomic E-state index is 12.6. The summed E-state index contributed by atoms with van der Waals surface area (Å²) in [5.74, 6) is 1.45. The number of hydrogen-bond acceptors (Lipinski definition) is 2. The number of aliphatic imine (C=N–C) groups is 1. The van der Waals surface area contributed by atoms with Crippen LogP contribution in [0, 0.1) is 0 Å². The molecule has 150 valence electrons. The van der Waals surface area contributed by atoms with E-state index >= 15 is 0 Å². The van der Waals surface area contributed by atoms with Gasteiger partial charge < -0.3 is 15.6 Å². The molecule has 0 saturated heterocycles. The van der Waals surface area contributed by atoms with Crippen molar-refractivity contribution in [3.8, 4) is 0 Å². The molecular formula is C19H21F3IN5. The van der Waals surface area contributed by atoms with Gasteiger partial charge in [-0.25, -0.2) is 4.98 Å². The van der Waals surface area contributed by atoms with Gasteiger partial charge in [-0.15, -0.1) is 24.0 Å². The first-order valence-electron chi connectivity index (χ1n) is 8.50.